The molecule has 8 aromatic rings. The van der Waals surface area contributed by atoms with Crippen LogP contribution in [-0.2, 0) is 0 Å². The maximum Gasteiger partial charge on any atom is 0.123 e. The van der Waals surface area contributed by atoms with E-state index in [1.54, 1.807) is 0 Å². The van der Waals surface area contributed by atoms with Crippen LogP contribution in [-0.4, -0.2) is 17.5 Å². The zero-order valence-corrected chi connectivity index (χ0v) is 26.2. The van der Waals surface area contributed by atoms with Crippen LogP contribution >= 0.6 is 0 Å². The normalized spacial score (nSPS) is 10.9. The Hall–Kier alpha value is -5.71. The quantitative estimate of drug-likeness (QED) is 0.139. The molecule has 1 heterocycles. The van der Waals surface area contributed by atoms with Crippen molar-refractivity contribution < 1.29 is 0 Å². The number of nitrogens with zero attached hydrogens (tertiary/aromatic N) is 1. The van der Waals surface area contributed by atoms with Gasteiger partial charge in [0.05, 0.1) is 16.7 Å². The number of hydrogen-bond donors (Lipinski definition) is 3. The zero-order chi connectivity index (χ0) is 32.0. The van der Waals surface area contributed by atoms with Gasteiger partial charge in [0.1, 0.15) is 5.84 Å². The van der Waals surface area contributed by atoms with Gasteiger partial charge in [0, 0.05) is 27.6 Å². The summed E-state index contributed by atoms with van der Waals surface area (Å²) in [6.07, 6.45) is 0. The Morgan fingerprint density at radius 3 is 1.63 bits per heavy atom. The van der Waals surface area contributed by atoms with Crippen molar-refractivity contribution >= 4 is 49.2 Å². The molecule has 0 radical (unpaired) electrons. The van der Waals surface area contributed by atoms with E-state index in [0.29, 0.717) is 5.92 Å². The van der Waals surface area contributed by atoms with Crippen molar-refractivity contribution in [3.63, 3.8) is 0 Å². The molecule has 226 valence electrons. The lowest BCUT2D eigenvalue weighted by Gasteiger charge is -2.14. The zero-order valence-electron chi connectivity index (χ0n) is 26.2. The maximum atomic E-state index is 7.99. The van der Waals surface area contributed by atoms with Crippen molar-refractivity contribution in [1.82, 2.24) is 4.57 Å². The van der Waals surface area contributed by atoms with E-state index in [2.05, 4.69) is 151 Å². The summed E-state index contributed by atoms with van der Waals surface area (Å²) in [4.78, 5) is 0. The molecule has 4 nitrogen and oxygen atoms in total. The highest BCUT2D eigenvalue weighted by Crippen LogP contribution is 2.37. The van der Waals surface area contributed by atoms with E-state index in [-0.39, 0.29) is 5.84 Å². The third kappa shape index (κ3) is 5.74. The molecule has 0 saturated heterocycles. The molecule has 0 unspecified atom stereocenters. The standard InChI is InChI=1S/C27H19N3.C14H14.CH5N/c28-27(29)22-13-14-25(20-10-4-3-9-19(20)22)30-24-12-6-5-11-21(24)23-15-17-7-1-2-8-18(17)16-26(23)30;1-12(13-8-4-2-5-9-13)14-10-6-3-7-11-14;1-2/h1-16H,(H3,28,29);2-12H,1H3;2H2,1H3. The average molecular weight is 599 g/mol. The van der Waals surface area contributed by atoms with Crippen LogP contribution in [0.2, 0.25) is 0 Å². The second-order valence-electron chi connectivity index (χ2n) is 11.2. The molecule has 0 aliphatic rings. The molecule has 4 heteroatoms. The van der Waals surface area contributed by atoms with Crippen molar-refractivity contribution in [3.8, 4) is 5.69 Å². The lowest BCUT2D eigenvalue weighted by molar-refractivity contribution is 0.922. The fourth-order valence-corrected chi connectivity index (χ4v) is 6.30. The largest absolute Gasteiger partial charge is 0.384 e. The molecule has 0 aliphatic heterocycles. The molecule has 0 atom stereocenters. The van der Waals surface area contributed by atoms with Crippen LogP contribution in [0.25, 0.3) is 49.0 Å². The molecule has 0 fully saturated rings. The van der Waals surface area contributed by atoms with Gasteiger partial charge in [-0.25, -0.2) is 0 Å². The number of hydrogen-bond acceptors (Lipinski definition) is 2. The SMILES string of the molecule is CC(c1ccccc1)c1ccccc1.CN.N=C(N)c1ccc(-n2c3ccccc3c3cc4ccccc4cc32)c2ccccc12. The second kappa shape index (κ2) is 13.5. The predicted molar refractivity (Wildman–Crippen MR) is 197 cm³/mol. The Morgan fingerprint density at radius 1 is 0.522 bits per heavy atom. The number of nitrogens with two attached hydrogens (primary N) is 2. The lowest BCUT2D eigenvalue weighted by Crippen LogP contribution is -2.12. The summed E-state index contributed by atoms with van der Waals surface area (Å²) in [7, 11) is 1.50. The molecule has 8 rings (SSSR count). The Balaban J connectivity index is 0.000000195. The molecule has 5 N–H and O–H groups in total. The fourth-order valence-electron chi connectivity index (χ4n) is 6.30. The van der Waals surface area contributed by atoms with Crippen LogP contribution in [0, 0.1) is 5.41 Å². The number of aromatic nitrogens is 1. The highest BCUT2D eigenvalue weighted by atomic mass is 15.0. The summed E-state index contributed by atoms with van der Waals surface area (Å²) in [5, 5.41) is 15.0. The van der Waals surface area contributed by atoms with Crippen molar-refractivity contribution in [2.45, 2.75) is 12.8 Å². The molecule has 7 aromatic carbocycles. The first-order chi connectivity index (χ1) is 22.6. The predicted octanol–water partition coefficient (Wildman–Crippen LogP) is 9.79. The summed E-state index contributed by atoms with van der Waals surface area (Å²) in [5.41, 5.74) is 17.3. The first-order valence-corrected chi connectivity index (χ1v) is 15.6. The van der Waals surface area contributed by atoms with Gasteiger partial charge in [-0.3, -0.25) is 5.41 Å². The highest BCUT2D eigenvalue weighted by molar-refractivity contribution is 6.15. The van der Waals surface area contributed by atoms with Gasteiger partial charge in [-0.2, -0.15) is 0 Å². The van der Waals surface area contributed by atoms with Gasteiger partial charge in [-0.05, 0) is 64.7 Å². The average Bonchev–Trinajstić information content (AvgIpc) is 3.44. The summed E-state index contributed by atoms with van der Waals surface area (Å²) in [6, 6.07) is 55.0. The first-order valence-electron chi connectivity index (χ1n) is 15.6. The first kappa shape index (κ1) is 30.3. The van der Waals surface area contributed by atoms with Gasteiger partial charge in [-0.15, -0.1) is 0 Å². The van der Waals surface area contributed by atoms with E-state index in [0.717, 1.165) is 22.0 Å². The van der Waals surface area contributed by atoms with Crippen molar-refractivity contribution in [3.05, 3.63) is 174 Å². The Kier molecular flexibility index (Phi) is 8.91. The van der Waals surface area contributed by atoms with Crippen LogP contribution in [0.5, 0.6) is 0 Å². The minimum Gasteiger partial charge on any atom is -0.384 e. The van der Waals surface area contributed by atoms with Gasteiger partial charge in [-0.1, -0.05) is 134 Å². The Labute approximate surface area is 270 Å². The molecule has 0 bridgehead atoms. The molecular formula is C42H38N4. The number of nitrogen functional groups attached to an aromatic ring is 1. The number of para-hydroxylation sites is 1. The smallest absolute Gasteiger partial charge is 0.123 e. The van der Waals surface area contributed by atoms with Crippen LogP contribution in [0.1, 0.15) is 29.5 Å². The van der Waals surface area contributed by atoms with Crippen LogP contribution < -0.4 is 11.5 Å². The number of fused-ring (bicyclic) bond motifs is 5. The number of nitrogens with one attached hydrogen (secondary N) is 1. The maximum absolute atomic E-state index is 7.99. The lowest BCUT2D eigenvalue weighted by atomic mass is 9.93. The third-order valence-electron chi connectivity index (χ3n) is 8.57. The van der Waals surface area contributed by atoms with Gasteiger partial charge in [0.2, 0.25) is 0 Å². The van der Waals surface area contributed by atoms with E-state index in [4.69, 9.17) is 11.1 Å². The van der Waals surface area contributed by atoms with Crippen molar-refractivity contribution in [2.24, 2.45) is 11.5 Å². The van der Waals surface area contributed by atoms with E-state index in [9.17, 15) is 0 Å². The fraction of sp³-hybridized carbons (Fsp3) is 0.0714. The second-order valence-corrected chi connectivity index (χ2v) is 11.2. The van der Waals surface area contributed by atoms with E-state index < -0.39 is 0 Å². The molecule has 46 heavy (non-hydrogen) atoms. The van der Waals surface area contributed by atoms with Crippen LogP contribution in [0.15, 0.2) is 158 Å². The van der Waals surface area contributed by atoms with Crippen LogP contribution in [0.4, 0.5) is 0 Å². The highest BCUT2D eigenvalue weighted by Gasteiger charge is 2.16. The minimum atomic E-state index is 0.0889. The number of benzene rings is 7. The third-order valence-corrected chi connectivity index (χ3v) is 8.57. The van der Waals surface area contributed by atoms with E-state index in [1.165, 1.54) is 50.8 Å². The van der Waals surface area contributed by atoms with Gasteiger partial charge >= 0.3 is 0 Å². The summed E-state index contributed by atoms with van der Waals surface area (Å²) in [5.74, 6) is 0.573. The Morgan fingerprint density at radius 2 is 1.02 bits per heavy atom. The molecule has 0 saturated carbocycles. The molecule has 0 spiro atoms. The van der Waals surface area contributed by atoms with E-state index in [1.807, 2.05) is 24.3 Å². The molecule has 0 aliphatic carbocycles. The monoisotopic (exact) mass is 598 g/mol. The van der Waals surface area contributed by atoms with Gasteiger partial charge in [0.25, 0.3) is 0 Å². The number of rotatable bonds is 4. The minimum absolute atomic E-state index is 0.0889. The summed E-state index contributed by atoms with van der Waals surface area (Å²) >= 11 is 0. The van der Waals surface area contributed by atoms with Gasteiger partial charge < -0.3 is 16.0 Å². The molecule has 1 aromatic heterocycles. The topological polar surface area (TPSA) is 80.8 Å². The van der Waals surface area contributed by atoms with Gasteiger partial charge in [0.15, 0.2) is 0 Å². The van der Waals surface area contributed by atoms with E-state index >= 15 is 0 Å². The Bertz CT molecular complexity index is 2230. The number of amidine groups is 1. The van der Waals surface area contributed by atoms with Crippen molar-refractivity contribution in [2.75, 3.05) is 7.05 Å². The molecule has 0 amide bonds. The summed E-state index contributed by atoms with van der Waals surface area (Å²) in [6.45, 7) is 2.24. The van der Waals surface area contributed by atoms with Crippen molar-refractivity contribution in [1.29, 1.82) is 5.41 Å². The molecular weight excluding hydrogens is 560 g/mol. The summed E-state index contributed by atoms with van der Waals surface area (Å²) < 4.78 is 2.34. The van der Waals surface area contributed by atoms with Crippen LogP contribution in [0.3, 0.4) is 0 Å².